The number of nitrogens with one attached hydrogen (secondary N) is 2. The van der Waals surface area contributed by atoms with E-state index in [0.29, 0.717) is 30.0 Å². The van der Waals surface area contributed by atoms with E-state index >= 15 is 0 Å². The van der Waals surface area contributed by atoms with Gasteiger partial charge in [0.2, 0.25) is 5.91 Å². The molecule has 2 amide bonds. The minimum atomic E-state index is -0.563. The molecule has 0 unspecified atom stereocenters. The number of nitro groups is 1. The third-order valence-corrected chi connectivity index (χ3v) is 4.85. The number of imidazole rings is 1. The number of pyridine rings is 1. The molecule has 9 nitrogen and oxygen atoms in total. The Balaban J connectivity index is 1.52. The highest BCUT2D eigenvalue weighted by Gasteiger charge is 2.17. The summed E-state index contributed by atoms with van der Waals surface area (Å²) in [6.45, 7) is 4.01. The Labute approximate surface area is 177 Å². The van der Waals surface area contributed by atoms with Crippen LogP contribution in [0.15, 0.2) is 36.5 Å². The maximum absolute atomic E-state index is 12.6. The van der Waals surface area contributed by atoms with E-state index in [4.69, 9.17) is 11.6 Å². The average molecular weight is 430 g/mol. The normalized spacial score (nSPS) is 10.8. The fourth-order valence-electron chi connectivity index (χ4n) is 3.06. The van der Waals surface area contributed by atoms with Crippen molar-refractivity contribution in [2.45, 2.75) is 26.7 Å². The Morgan fingerprint density at radius 2 is 2.03 bits per heavy atom. The molecule has 0 saturated carbocycles. The molecule has 0 aliphatic carbocycles. The van der Waals surface area contributed by atoms with Crippen LogP contribution in [0.4, 0.5) is 11.4 Å². The molecule has 3 aromatic rings. The van der Waals surface area contributed by atoms with Crippen LogP contribution in [0.25, 0.3) is 5.65 Å². The number of carbonyl (C=O) groups excluding carboxylic acids is 2. The molecule has 0 bridgehead atoms. The summed E-state index contributed by atoms with van der Waals surface area (Å²) in [6, 6.07) is 7.61. The zero-order valence-electron chi connectivity index (χ0n) is 16.4. The number of anilines is 1. The van der Waals surface area contributed by atoms with Crippen molar-refractivity contribution in [1.82, 2.24) is 14.7 Å². The second-order valence-electron chi connectivity index (χ2n) is 6.76. The number of benzene rings is 1. The fourth-order valence-corrected chi connectivity index (χ4v) is 3.28. The first-order chi connectivity index (χ1) is 14.3. The molecule has 0 aliphatic rings. The molecule has 0 radical (unpaired) electrons. The van der Waals surface area contributed by atoms with Crippen molar-refractivity contribution >= 4 is 40.4 Å². The van der Waals surface area contributed by atoms with Crippen LogP contribution >= 0.6 is 11.6 Å². The van der Waals surface area contributed by atoms with Gasteiger partial charge in [-0.2, -0.15) is 0 Å². The van der Waals surface area contributed by atoms with Gasteiger partial charge in [-0.1, -0.05) is 17.7 Å². The number of non-ortho nitro benzene ring substituents is 1. The predicted octanol–water partition coefficient (Wildman–Crippen LogP) is 3.66. The number of hydrogen-bond donors (Lipinski definition) is 2. The van der Waals surface area contributed by atoms with Crippen LogP contribution in [-0.2, 0) is 4.79 Å². The summed E-state index contributed by atoms with van der Waals surface area (Å²) in [5.41, 5.74) is 2.95. The molecule has 2 heterocycles. The Morgan fingerprint density at radius 1 is 1.27 bits per heavy atom. The third-order valence-electron chi connectivity index (χ3n) is 4.54. The predicted molar refractivity (Wildman–Crippen MR) is 113 cm³/mol. The molecule has 1 aromatic carbocycles. The number of hydrogen-bond acceptors (Lipinski definition) is 5. The van der Waals surface area contributed by atoms with Gasteiger partial charge in [0.15, 0.2) is 0 Å². The lowest BCUT2D eigenvalue weighted by Gasteiger charge is -2.08. The molecule has 156 valence electrons. The number of nitro benzene ring substituents is 1. The van der Waals surface area contributed by atoms with Gasteiger partial charge in [0, 0.05) is 31.3 Å². The molecule has 0 aliphatic heterocycles. The fraction of sp³-hybridized carbons (Fsp3) is 0.250. The van der Waals surface area contributed by atoms with Gasteiger partial charge in [0.25, 0.3) is 11.6 Å². The Hall–Kier alpha value is -3.46. The molecular formula is C20H20ClN5O4. The Kier molecular flexibility index (Phi) is 6.31. The first kappa shape index (κ1) is 21.3. The van der Waals surface area contributed by atoms with Gasteiger partial charge >= 0.3 is 0 Å². The van der Waals surface area contributed by atoms with Gasteiger partial charge in [-0.3, -0.25) is 24.1 Å². The monoisotopic (exact) mass is 429 g/mol. The standard InChI is InChI=1S/C20H20ClN5O4/c1-12-5-4-10-25-18(13(2)23-19(12)25)20(28)22-9-3-6-17(27)24-16-8-7-14(26(29)30)11-15(16)21/h4-5,7-8,10-11H,3,6,9H2,1-2H3,(H,22,28)(H,24,27). The van der Waals surface area contributed by atoms with Crippen LogP contribution in [0.5, 0.6) is 0 Å². The number of rotatable bonds is 7. The average Bonchev–Trinajstić information content (AvgIpc) is 3.04. The van der Waals surface area contributed by atoms with Crippen molar-refractivity contribution in [3.05, 3.63) is 68.6 Å². The molecule has 0 atom stereocenters. The van der Waals surface area contributed by atoms with E-state index in [0.717, 1.165) is 11.2 Å². The van der Waals surface area contributed by atoms with Crippen LogP contribution < -0.4 is 10.6 Å². The van der Waals surface area contributed by atoms with Gasteiger partial charge in [0.1, 0.15) is 11.3 Å². The molecule has 2 aromatic heterocycles. The van der Waals surface area contributed by atoms with E-state index in [1.54, 1.807) is 17.5 Å². The van der Waals surface area contributed by atoms with Gasteiger partial charge in [0.05, 0.1) is 21.3 Å². The first-order valence-corrected chi connectivity index (χ1v) is 9.62. The van der Waals surface area contributed by atoms with Crippen molar-refractivity contribution in [1.29, 1.82) is 0 Å². The van der Waals surface area contributed by atoms with Crippen LogP contribution in [0, 0.1) is 24.0 Å². The van der Waals surface area contributed by atoms with E-state index in [2.05, 4.69) is 15.6 Å². The summed E-state index contributed by atoms with van der Waals surface area (Å²) >= 11 is 5.97. The number of nitrogens with zero attached hydrogens (tertiary/aromatic N) is 3. The minimum Gasteiger partial charge on any atom is -0.351 e. The largest absolute Gasteiger partial charge is 0.351 e. The van der Waals surface area contributed by atoms with E-state index in [-0.39, 0.29) is 28.9 Å². The van der Waals surface area contributed by atoms with Gasteiger partial charge in [-0.05, 0) is 38.0 Å². The molecule has 0 spiro atoms. The van der Waals surface area contributed by atoms with E-state index < -0.39 is 4.92 Å². The van der Waals surface area contributed by atoms with Gasteiger partial charge in [-0.15, -0.1) is 0 Å². The van der Waals surface area contributed by atoms with Crippen molar-refractivity contribution in [2.24, 2.45) is 0 Å². The van der Waals surface area contributed by atoms with Crippen molar-refractivity contribution in [3.63, 3.8) is 0 Å². The SMILES string of the molecule is Cc1nc2c(C)cccn2c1C(=O)NCCCC(=O)Nc1ccc([N+](=O)[O-])cc1Cl. The molecule has 30 heavy (non-hydrogen) atoms. The lowest BCUT2D eigenvalue weighted by molar-refractivity contribution is -0.384. The summed E-state index contributed by atoms with van der Waals surface area (Å²) < 4.78 is 1.75. The van der Waals surface area contributed by atoms with Crippen LogP contribution in [0.2, 0.25) is 5.02 Å². The maximum Gasteiger partial charge on any atom is 0.271 e. The minimum absolute atomic E-state index is 0.0873. The topological polar surface area (TPSA) is 119 Å². The zero-order chi connectivity index (χ0) is 21.8. The number of fused-ring (bicyclic) bond motifs is 1. The maximum atomic E-state index is 12.6. The lowest BCUT2D eigenvalue weighted by atomic mass is 10.2. The molecule has 2 N–H and O–H groups in total. The number of carbonyl (C=O) groups is 2. The number of halogens is 1. The van der Waals surface area contributed by atoms with E-state index in [9.17, 15) is 19.7 Å². The van der Waals surface area contributed by atoms with Crippen molar-refractivity contribution < 1.29 is 14.5 Å². The third kappa shape index (κ3) is 4.57. The van der Waals surface area contributed by atoms with E-state index in [1.807, 2.05) is 19.1 Å². The van der Waals surface area contributed by atoms with Crippen molar-refractivity contribution in [3.8, 4) is 0 Å². The smallest absolute Gasteiger partial charge is 0.271 e. The summed E-state index contributed by atoms with van der Waals surface area (Å²) in [7, 11) is 0. The summed E-state index contributed by atoms with van der Waals surface area (Å²) in [6.07, 6.45) is 2.36. The number of aryl methyl sites for hydroxylation is 2. The number of aromatic nitrogens is 2. The molecule has 3 rings (SSSR count). The highest BCUT2D eigenvalue weighted by atomic mass is 35.5. The van der Waals surface area contributed by atoms with Crippen LogP contribution in [0.3, 0.4) is 0 Å². The van der Waals surface area contributed by atoms with E-state index in [1.165, 1.54) is 18.2 Å². The highest BCUT2D eigenvalue weighted by molar-refractivity contribution is 6.33. The van der Waals surface area contributed by atoms with Gasteiger partial charge < -0.3 is 10.6 Å². The molecular weight excluding hydrogens is 410 g/mol. The van der Waals surface area contributed by atoms with Crippen LogP contribution in [-0.4, -0.2) is 32.7 Å². The molecule has 0 fully saturated rings. The van der Waals surface area contributed by atoms with Gasteiger partial charge in [-0.25, -0.2) is 4.98 Å². The molecule has 0 saturated heterocycles. The summed E-state index contributed by atoms with van der Waals surface area (Å²) in [4.78, 5) is 39.3. The second-order valence-corrected chi connectivity index (χ2v) is 7.17. The molecule has 10 heteroatoms. The summed E-state index contributed by atoms with van der Waals surface area (Å²) in [5, 5.41) is 16.2. The first-order valence-electron chi connectivity index (χ1n) is 9.24. The highest BCUT2D eigenvalue weighted by Crippen LogP contribution is 2.26. The Morgan fingerprint density at radius 3 is 2.73 bits per heavy atom. The number of amides is 2. The van der Waals surface area contributed by atoms with Crippen molar-refractivity contribution in [2.75, 3.05) is 11.9 Å². The quantitative estimate of drug-likeness (QED) is 0.337. The zero-order valence-corrected chi connectivity index (χ0v) is 17.2. The van der Waals surface area contributed by atoms with Crippen LogP contribution in [0.1, 0.15) is 34.6 Å². The Bertz CT molecular complexity index is 1140. The summed E-state index contributed by atoms with van der Waals surface area (Å²) in [5.74, 6) is -0.564. The lowest BCUT2D eigenvalue weighted by Crippen LogP contribution is -2.27. The second kappa shape index (κ2) is 8.91.